The Kier molecular flexibility index (Phi) is 4.22. The lowest BCUT2D eigenvalue weighted by molar-refractivity contribution is 0.134. The maximum Gasteiger partial charge on any atom is 0.138 e. The van der Waals surface area contributed by atoms with Crippen LogP contribution in [0.5, 0.6) is 5.75 Å². The van der Waals surface area contributed by atoms with Gasteiger partial charge in [-0.1, -0.05) is 29.8 Å². The van der Waals surface area contributed by atoms with Gasteiger partial charge in [0, 0.05) is 10.6 Å². The van der Waals surface area contributed by atoms with Gasteiger partial charge in [-0.15, -0.1) is 0 Å². The smallest absolute Gasteiger partial charge is 0.138 e. The molecule has 1 aliphatic rings. The van der Waals surface area contributed by atoms with Crippen molar-refractivity contribution < 1.29 is 9.47 Å². The van der Waals surface area contributed by atoms with Crippen LogP contribution >= 0.6 is 27.5 Å². The van der Waals surface area contributed by atoms with Crippen LogP contribution in [-0.2, 0) is 18.0 Å². The van der Waals surface area contributed by atoms with E-state index in [2.05, 4.69) is 28.1 Å². The maximum absolute atomic E-state index is 6.42. The Labute approximate surface area is 137 Å². The Hall–Kier alpha value is -1.07. The monoisotopic (exact) mass is 367 g/mol. The lowest BCUT2D eigenvalue weighted by Gasteiger charge is -2.18. The largest absolute Gasteiger partial charge is 0.495 e. The van der Waals surface area contributed by atoms with Gasteiger partial charge in [0.15, 0.2) is 0 Å². The molecule has 21 heavy (non-hydrogen) atoms. The number of halogens is 2. The number of rotatable bonds is 3. The highest BCUT2D eigenvalue weighted by Crippen LogP contribution is 2.38. The van der Waals surface area contributed by atoms with E-state index in [0.29, 0.717) is 24.0 Å². The van der Waals surface area contributed by atoms with Gasteiger partial charge in [0.1, 0.15) is 5.75 Å². The van der Waals surface area contributed by atoms with Crippen molar-refractivity contribution in [1.29, 1.82) is 0 Å². The van der Waals surface area contributed by atoms with Crippen LogP contribution < -0.4 is 10.5 Å². The SMILES string of the molecule is COc1c(Br)cc(Cl)cc1C(N)c1ccc2c(c1)COC2. The van der Waals surface area contributed by atoms with Gasteiger partial charge in [-0.05, 0) is 44.8 Å². The average Bonchev–Trinajstić information content (AvgIpc) is 2.93. The minimum atomic E-state index is -0.305. The summed E-state index contributed by atoms with van der Waals surface area (Å²) < 4.78 is 11.7. The molecule has 2 aromatic rings. The Morgan fingerprint density at radius 1 is 1.24 bits per heavy atom. The minimum absolute atomic E-state index is 0.305. The lowest BCUT2D eigenvalue weighted by atomic mass is 9.96. The molecule has 0 aromatic heterocycles. The fraction of sp³-hybridized carbons (Fsp3) is 0.250. The molecule has 2 aromatic carbocycles. The van der Waals surface area contributed by atoms with E-state index in [1.165, 1.54) is 11.1 Å². The summed E-state index contributed by atoms with van der Waals surface area (Å²) in [5, 5.41) is 0.623. The van der Waals surface area contributed by atoms with Crippen LogP contribution in [0.1, 0.15) is 28.3 Å². The van der Waals surface area contributed by atoms with Crippen LogP contribution in [0.15, 0.2) is 34.8 Å². The van der Waals surface area contributed by atoms with Crippen molar-refractivity contribution in [3.63, 3.8) is 0 Å². The highest BCUT2D eigenvalue weighted by molar-refractivity contribution is 9.10. The number of hydrogen-bond donors (Lipinski definition) is 1. The molecule has 2 N–H and O–H groups in total. The molecule has 0 bridgehead atoms. The summed E-state index contributed by atoms with van der Waals surface area (Å²) in [6.45, 7) is 1.32. The number of hydrogen-bond acceptors (Lipinski definition) is 3. The van der Waals surface area contributed by atoms with Gasteiger partial charge in [0.05, 0.1) is 30.8 Å². The van der Waals surface area contributed by atoms with Crippen LogP contribution in [0.2, 0.25) is 5.02 Å². The van der Waals surface area contributed by atoms with Crippen LogP contribution in [-0.4, -0.2) is 7.11 Å². The molecular formula is C16H15BrClNO2. The van der Waals surface area contributed by atoms with E-state index in [1.54, 1.807) is 13.2 Å². The lowest BCUT2D eigenvalue weighted by Crippen LogP contribution is -2.14. The second-order valence-electron chi connectivity index (χ2n) is 5.01. The molecule has 1 heterocycles. The van der Waals surface area contributed by atoms with Crippen molar-refractivity contribution in [2.45, 2.75) is 19.3 Å². The van der Waals surface area contributed by atoms with Crippen LogP contribution in [0, 0.1) is 0 Å². The summed E-state index contributed by atoms with van der Waals surface area (Å²) in [5.74, 6) is 0.712. The molecular weight excluding hydrogens is 354 g/mol. The average molecular weight is 369 g/mol. The molecule has 3 nitrogen and oxygen atoms in total. The fourth-order valence-corrected chi connectivity index (χ4v) is 3.59. The summed E-state index contributed by atoms with van der Waals surface area (Å²) in [6, 6.07) is 9.55. The summed E-state index contributed by atoms with van der Waals surface area (Å²) >= 11 is 9.61. The second kappa shape index (κ2) is 5.97. The van der Waals surface area contributed by atoms with Gasteiger partial charge in [0.25, 0.3) is 0 Å². The fourth-order valence-electron chi connectivity index (χ4n) is 2.59. The van der Waals surface area contributed by atoms with E-state index in [-0.39, 0.29) is 6.04 Å². The molecule has 0 aliphatic carbocycles. The zero-order chi connectivity index (χ0) is 15.0. The Balaban J connectivity index is 2.04. The topological polar surface area (TPSA) is 44.5 Å². The predicted octanol–water partition coefficient (Wildman–Crippen LogP) is 4.19. The quantitative estimate of drug-likeness (QED) is 0.883. The van der Waals surface area contributed by atoms with E-state index in [0.717, 1.165) is 15.6 Å². The number of nitrogens with two attached hydrogens (primary N) is 1. The molecule has 5 heteroatoms. The van der Waals surface area contributed by atoms with Crippen LogP contribution in [0.4, 0.5) is 0 Å². The van der Waals surface area contributed by atoms with E-state index in [4.69, 9.17) is 26.8 Å². The molecule has 0 radical (unpaired) electrons. The molecule has 0 saturated carbocycles. The van der Waals surface area contributed by atoms with Gasteiger partial charge in [0.2, 0.25) is 0 Å². The third-order valence-corrected chi connectivity index (χ3v) is 4.49. The van der Waals surface area contributed by atoms with E-state index in [9.17, 15) is 0 Å². The molecule has 1 aliphatic heterocycles. The molecule has 0 amide bonds. The first-order chi connectivity index (χ1) is 10.1. The molecule has 3 rings (SSSR count). The Morgan fingerprint density at radius 3 is 2.76 bits per heavy atom. The first kappa shape index (κ1) is 14.9. The molecule has 0 fully saturated rings. The van der Waals surface area contributed by atoms with Crippen LogP contribution in [0.3, 0.4) is 0 Å². The van der Waals surface area contributed by atoms with E-state index >= 15 is 0 Å². The maximum atomic E-state index is 6.42. The number of ether oxygens (including phenoxy) is 2. The number of fused-ring (bicyclic) bond motifs is 1. The van der Waals surface area contributed by atoms with Crippen molar-refractivity contribution in [2.75, 3.05) is 7.11 Å². The van der Waals surface area contributed by atoms with Gasteiger partial charge < -0.3 is 15.2 Å². The number of benzene rings is 2. The zero-order valence-corrected chi connectivity index (χ0v) is 13.9. The zero-order valence-electron chi connectivity index (χ0n) is 11.5. The van der Waals surface area contributed by atoms with Gasteiger partial charge >= 0.3 is 0 Å². The van der Waals surface area contributed by atoms with Crippen molar-refractivity contribution >= 4 is 27.5 Å². The van der Waals surface area contributed by atoms with Gasteiger partial charge in [-0.3, -0.25) is 0 Å². The van der Waals surface area contributed by atoms with Gasteiger partial charge in [-0.25, -0.2) is 0 Å². The summed E-state index contributed by atoms with van der Waals surface area (Å²) in [5.41, 5.74) is 10.7. The highest BCUT2D eigenvalue weighted by Gasteiger charge is 2.20. The van der Waals surface area contributed by atoms with Crippen molar-refractivity contribution in [3.05, 3.63) is 62.1 Å². The molecule has 1 atom stereocenters. The van der Waals surface area contributed by atoms with Crippen molar-refractivity contribution in [3.8, 4) is 5.75 Å². The normalized spacial score (nSPS) is 14.9. The van der Waals surface area contributed by atoms with Crippen molar-refractivity contribution in [2.24, 2.45) is 5.73 Å². The first-order valence-corrected chi connectivity index (χ1v) is 7.75. The molecule has 0 spiro atoms. The minimum Gasteiger partial charge on any atom is -0.495 e. The third kappa shape index (κ3) is 2.81. The summed E-state index contributed by atoms with van der Waals surface area (Å²) in [7, 11) is 1.63. The van der Waals surface area contributed by atoms with Gasteiger partial charge in [-0.2, -0.15) is 0 Å². The third-order valence-electron chi connectivity index (χ3n) is 3.68. The first-order valence-electron chi connectivity index (χ1n) is 6.58. The highest BCUT2D eigenvalue weighted by atomic mass is 79.9. The van der Waals surface area contributed by atoms with E-state index < -0.39 is 0 Å². The Bertz CT molecular complexity index is 690. The van der Waals surface area contributed by atoms with Crippen molar-refractivity contribution in [1.82, 2.24) is 0 Å². The molecule has 0 saturated heterocycles. The summed E-state index contributed by atoms with van der Waals surface area (Å²) in [6.07, 6.45) is 0. The second-order valence-corrected chi connectivity index (χ2v) is 6.30. The molecule has 110 valence electrons. The summed E-state index contributed by atoms with van der Waals surface area (Å²) in [4.78, 5) is 0. The standard InChI is InChI=1S/C16H15BrClNO2/c1-20-16-13(5-12(18)6-14(16)17)15(19)9-2-3-10-7-21-8-11(10)4-9/h2-6,15H,7-8,19H2,1H3. The number of methoxy groups -OCH3 is 1. The van der Waals surface area contributed by atoms with E-state index in [1.807, 2.05) is 12.1 Å². The predicted molar refractivity (Wildman–Crippen MR) is 86.7 cm³/mol. The Morgan fingerprint density at radius 2 is 2.00 bits per heavy atom. The van der Waals surface area contributed by atoms with Crippen LogP contribution in [0.25, 0.3) is 0 Å². The molecule has 1 unspecified atom stereocenters.